The second-order valence-electron chi connectivity index (χ2n) is 5.65. The number of thioether (sulfide) groups is 1. The van der Waals surface area contributed by atoms with Gasteiger partial charge in [0.25, 0.3) is 0 Å². The molecule has 0 unspecified atom stereocenters. The lowest BCUT2D eigenvalue weighted by atomic mass is 9.88. The van der Waals surface area contributed by atoms with E-state index in [1.165, 1.54) is 24.6 Å². The number of rotatable bonds is 9. The van der Waals surface area contributed by atoms with E-state index in [1.807, 2.05) is 0 Å². The van der Waals surface area contributed by atoms with Crippen molar-refractivity contribution in [3.63, 3.8) is 0 Å². The van der Waals surface area contributed by atoms with Crippen LogP contribution in [0.2, 0.25) is 0 Å². The first-order valence-corrected chi connectivity index (χ1v) is 7.55. The van der Waals surface area contributed by atoms with Gasteiger partial charge in [-0.15, -0.1) is 0 Å². The van der Waals surface area contributed by atoms with Gasteiger partial charge < -0.3 is 4.74 Å². The second kappa shape index (κ2) is 8.98. The molecule has 3 heteroatoms. The van der Waals surface area contributed by atoms with Gasteiger partial charge in [-0.3, -0.25) is 4.79 Å². The minimum Gasteiger partial charge on any atom is -0.384 e. The molecule has 0 aromatic carbocycles. The molecular weight excluding hydrogens is 232 g/mol. The predicted octanol–water partition coefficient (Wildman–Crippen LogP) is 4.14. The molecule has 0 aliphatic heterocycles. The lowest BCUT2D eigenvalue weighted by Gasteiger charge is -2.22. The van der Waals surface area contributed by atoms with E-state index in [-0.39, 0.29) is 5.41 Å². The zero-order valence-corrected chi connectivity index (χ0v) is 12.9. The summed E-state index contributed by atoms with van der Waals surface area (Å²) in [6.07, 6.45) is 4.65. The van der Waals surface area contributed by atoms with E-state index in [1.54, 1.807) is 7.11 Å². The van der Waals surface area contributed by atoms with Crippen molar-refractivity contribution in [3.05, 3.63) is 0 Å². The standard InChI is InChI=1S/C14H28O2S/c1-12(2)8-6-7-9-14(3,4)13(15)17-11-10-16-5/h12H,6-11H2,1-5H3. The number of carbonyl (C=O) groups is 1. The summed E-state index contributed by atoms with van der Waals surface area (Å²) in [5, 5.41) is 0.305. The molecule has 2 nitrogen and oxygen atoms in total. The van der Waals surface area contributed by atoms with Crippen LogP contribution in [0.1, 0.15) is 53.4 Å². The van der Waals surface area contributed by atoms with Crippen LogP contribution in [0.25, 0.3) is 0 Å². The van der Waals surface area contributed by atoms with Crippen molar-refractivity contribution in [2.24, 2.45) is 11.3 Å². The van der Waals surface area contributed by atoms with Crippen LogP contribution in [0.5, 0.6) is 0 Å². The molecule has 0 fully saturated rings. The fourth-order valence-corrected chi connectivity index (χ4v) is 2.56. The van der Waals surface area contributed by atoms with E-state index < -0.39 is 0 Å². The van der Waals surface area contributed by atoms with Crippen LogP contribution in [0.4, 0.5) is 0 Å². The van der Waals surface area contributed by atoms with Crippen LogP contribution >= 0.6 is 11.8 Å². The first-order chi connectivity index (χ1) is 7.90. The highest BCUT2D eigenvalue weighted by Gasteiger charge is 2.26. The first kappa shape index (κ1) is 17.0. The van der Waals surface area contributed by atoms with Gasteiger partial charge in [-0.25, -0.2) is 0 Å². The van der Waals surface area contributed by atoms with Crippen molar-refractivity contribution in [2.75, 3.05) is 19.5 Å². The average Bonchev–Trinajstić information content (AvgIpc) is 2.24. The summed E-state index contributed by atoms with van der Waals surface area (Å²) in [4.78, 5) is 12.0. The molecule has 0 aromatic heterocycles. The maximum atomic E-state index is 12.0. The van der Waals surface area contributed by atoms with Crippen LogP contribution in [-0.2, 0) is 9.53 Å². The number of ether oxygens (including phenoxy) is 1. The van der Waals surface area contributed by atoms with Gasteiger partial charge in [-0.2, -0.15) is 0 Å². The smallest absolute Gasteiger partial charge is 0.194 e. The van der Waals surface area contributed by atoms with Gasteiger partial charge >= 0.3 is 0 Å². The molecule has 0 atom stereocenters. The van der Waals surface area contributed by atoms with Crippen molar-refractivity contribution in [2.45, 2.75) is 53.4 Å². The Hall–Kier alpha value is -0.0200. The predicted molar refractivity (Wildman–Crippen MR) is 76.4 cm³/mol. The minimum absolute atomic E-state index is 0.185. The Morgan fingerprint density at radius 1 is 1.29 bits per heavy atom. The summed E-state index contributed by atoms with van der Waals surface area (Å²) in [5.74, 6) is 1.54. The van der Waals surface area contributed by atoms with E-state index >= 15 is 0 Å². The second-order valence-corrected chi connectivity index (χ2v) is 6.72. The van der Waals surface area contributed by atoms with E-state index in [0.29, 0.717) is 11.7 Å². The molecule has 0 spiro atoms. The molecule has 0 radical (unpaired) electrons. The summed E-state index contributed by atoms with van der Waals surface area (Å²) in [6.45, 7) is 9.27. The molecule has 0 aromatic rings. The molecule has 0 saturated heterocycles. The molecule has 102 valence electrons. The lowest BCUT2D eigenvalue weighted by Crippen LogP contribution is -2.22. The summed E-state index contributed by atoms with van der Waals surface area (Å²) < 4.78 is 4.96. The molecule has 0 heterocycles. The molecule has 0 aliphatic carbocycles. The highest BCUT2D eigenvalue weighted by atomic mass is 32.2. The van der Waals surface area contributed by atoms with Crippen LogP contribution in [-0.4, -0.2) is 24.6 Å². The SMILES string of the molecule is COCCSC(=O)C(C)(C)CCCCC(C)C. The Bertz CT molecular complexity index is 212. The van der Waals surface area contributed by atoms with Crippen LogP contribution < -0.4 is 0 Å². The third kappa shape index (κ3) is 8.67. The van der Waals surface area contributed by atoms with Gasteiger partial charge in [-0.1, -0.05) is 58.7 Å². The third-order valence-corrected chi connectivity index (χ3v) is 4.09. The van der Waals surface area contributed by atoms with Crippen LogP contribution in [0, 0.1) is 11.3 Å². The highest BCUT2D eigenvalue weighted by molar-refractivity contribution is 8.13. The Morgan fingerprint density at radius 2 is 1.94 bits per heavy atom. The summed E-state index contributed by atoms with van der Waals surface area (Å²) >= 11 is 1.41. The number of methoxy groups -OCH3 is 1. The Balaban J connectivity index is 3.80. The largest absolute Gasteiger partial charge is 0.384 e. The molecule has 0 amide bonds. The van der Waals surface area contributed by atoms with Crippen molar-refractivity contribution < 1.29 is 9.53 Å². The van der Waals surface area contributed by atoms with Crippen molar-refractivity contribution >= 4 is 16.9 Å². The summed E-state index contributed by atoms with van der Waals surface area (Å²) in [6, 6.07) is 0. The van der Waals surface area contributed by atoms with Gasteiger partial charge in [0.2, 0.25) is 0 Å². The molecule has 0 aliphatic rings. The summed E-state index contributed by atoms with van der Waals surface area (Å²) in [5.41, 5.74) is -0.185. The van der Waals surface area contributed by atoms with Gasteiger partial charge in [0.1, 0.15) is 0 Å². The molecular formula is C14H28O2S. The van der Waals surface area contributed by atoms with Crippen molar-refractivity contribution in [3.8, 4) is 0 Å². The van der Waals surface area contributed by atoms with E-state index in [4.69, 9.17) is 4.74 Å². The topological polar surface area (TPSA) is 26.3 Å². The molecule has 0 N–H and O–H groups in total. The minimum atomic E-state index is -0.185. The van der Waals surface area contributed by atoms with Crippen LogP contribution in [0.3, 0.4) is 0 Å². The molecule has 0 bridgehead atoms. The first-order valence-electron chi connectivity index (χ1n) is 6.56. The zero-order valence-electron chi connectivity index (χ0n) is 12.0. The van der Waals surface area contributed by atoms with Crippen LogP contribution in [0.15, 0.2) is 0 Å². The lowest BCUT2D eigenvalue weighted by molar-refractivity contribution is -0.118. The van der Waals surface area contributed by atoms with Crippen molar-refractivity contribution in [1.29, 1.82) is 0 Å². The van der Waals surface area contributed by atoms with Gasteiger partial charge in [0.05, 0.1) is 6.61 Å². The molecule has 0 saturated carbocycles. The normalized spacial score (nSPS) is 12.1. The van der Waals surface area contributed by atoms with E-state index in [9.17, 15) is 4.79 Å². The summed E-state index contributed by atoms with van der Waals surface area (Å²) in [7, 11) is 1.67. The Morgan fingerprint density at radius 3 is 2.47 bits per heavy atom. The fraction of sp³-hybridized carbons (Fsp3) is 0.929. The zero-order chi connectivity index (χ0) is 13.3. The van der Waals surface area contributed by atoms with E-state index in [0.717, 1.165) is 24.5 Å². The number of carbonyl (C=O) groups excluding carboxylic acids is 1. The molecule has 0 rings (SSSR count). The number of hydrogen-bond acceptors (Lipinski definition) is 3. The van der Waals surface area contributed by atoms with Crippen molar-refractivity contribution in [1.82, 2.24) is 0 Å². The molecule has 17 heavy (non-hydrogen) atoms. The number of unbranched alkanes of at least 4 members (excludes halogenated alkanes) is 1. The maximum Gasteiger partial charge on any atom is 0.194 e. The van der Waals surface area contributed by atoms with Gasteiger partial charge in [0, 0.05) is 18.3 Å². The maximum absolute atomic E-state index is 12.0. The fourth-order valence-electron chi connectivity index (χ4n) is 1.63. The van der Waals surface area contributed by atoms with Gasteiger partial charge in [0.15, 0.2) is 5.12 Å². The average molecular weight is 260 g/mol. The quantitative estimate of drug-likeness (QED) is 0.583. The Kier molecular flexibility index (Phi) is 8.97. The number of hydrogen-bond donors (Lipinski definition) is 0. The van der Waals surface area contributed by atoms with E-state index in [2.05, 4.69) is 27.7 Å². The Labute approximate surface area is 111 Å². The third-order valence-electron chi connectivity index (χ3n) is 2.91. The highest BCUT2D eigenvalue weighted by Crippen LogP contribution is 2.30. The van der Waals surface area contributed by atoms with Gasteiger partial charge in [-0.05, 0) is 12.3 Å². The monoisotopic (exact) mass is 260 g/mol.